The van der Waals surface area contributed by atoms with Crippen molar-refractivity contribution in [3.8, 4) is 0 Å². The first-order chi connectivity index (χ1) is 9.82. The van der Waals surface area contributed by atoms with Crippen LogP contribution in [0.4, 0.5) is 26.3 Å². The largest absolute Gasteiger partial charge is 0.490 e. The van der Waals surface area contributed by atoms with Crippen LogP contribution in [-0.2, 0) is 9.59 Å². The summed E-state index contributed by atoms with van der Waals surface area (Å²) in [6.07, 6.45) is -8.83. The highest BCUT2D eigenvalue weighted by Gasteiger charge is 2.38. The lowest BCUT2D eigenvalue weighted by Gasteiger charge is -2.26. The van der Waals surface area contributed by atoms with Gasteiger partial charge < -0.3 is 20.8 Å². The summed E-state index contributed by atoms with van der Waals surface area (Å²) in [5.74, 6) is -4.55. The molecule has 0 aromatic heterocycles. The third-order valence-electron chi connectivity index (χ3n) is 2.15. The van der Waals surface area contributed by atoms with E-state index in [1.165, 1.54) is 26.1 Å². The fourth-order valence-corrected chi connectivity index (χ4v) is 0.901. The molecular weight excluding hydrogens is 326 g/mol. The van der Waals surface area contributed by atoms with Crippen molar-refractivity contribution in [1.29, 1.82) is 0 Å². The number of nitrogens with one attached hydrogen (secondary N) is 2. The molecule has 0 aromatic rings. The van der Waals surface area contributed by atoms with E-state index in [1.807, 2.05) is 7.05 Å². The minimum Gasteiger partial charge on any atom is -0.475 e. The van der Waals surface area contributed by atoms with Crippen LogP contribution in [0.15, 0.2) is 0 Å². The minimum atomic E-state index is -5.08. The van der Waals surface area contributed by atoms with Crippen LogP contribution in [0.2, 0.25) is 0 Å². The monoisotopic (exact) mass is 342 g/mol. The SMILES string of the molecule is CNCCC1CNC1.O=C(O)C(F)(F)F.O=C(O)C(F)(F)F. The summed E-state index contributed by atoms with van der Waals surface area (Å²) in [5.41, 5.74) is 0. The van der Waals surface area contributed by atoms with Crippen LogP contribution in [-0.4, -0.2) is 61.2 Å². The standard InChI is InChI=1S/C6H14N2.2C2HF3O2/c1-7-3-2-6-4-8-5-6;2*3-2(4,5)1(6)7/h6-8H,2-5H2,1H3;2*(H,6,7). The molecule has 1 aliphatic heterocycles. The van der Waals surface area contributed by atoms with Gasteiger partial charge in [-0.25, -0.2) is 9.59 Å². The number of carboxylic acids is 2. The maximum Gasteiger partial charge on any atom is 0.490 e. The molecule has 0 unspecified atom stereocenters. The Hall–Kier alpha value is -1.56. The first kappa shape index (κ1) is 22.7. The topological polar surface area (TPSA) is 98.7 Å². The molecule has 1 rings (SSSR count). The van der Waals surface area contributed by atoms with Crippen LogP contribution in [0.1, 0.15) is 6.42 Å². The van der Waals surface area contributed by atoms with Crippen LogP contribution in [0.3, 0.4) is 0 Å². The molecular formula is C10H16F6N2O4. The Balaban J connectivity index is 0. The van der Waals surface area contributed by atoms with Crippen LogP contribution < -0.4 is 10.6 Å². The van der Waals surface area contributed by atoms with Crippen LogP contribution in [0, 0.1) is 5.92 Å². The summed E-state index contributed by atoms with van der Waals surface area (Å²) < 4.78 is 63.5. The van der Waals surface area contributed by atoms with Gasteiger partial charge in [0.2, 0.25) is 0 Å². The van der Waals surface area contributed by atoms with Gasteiger partial charge in [-0.2, -0.15) is 26.3 Å². The van der Waals surface area contributed by atoms with E-state index in [9.17, 15) is 26.3 Å². The number of carbonyl (C=O) groups is 2. The van der Waals surface area contributed by atoms with E-state index in [-0.39, 0.29) is 0 Å². The van der Waals surface area contributed by atoms with Gasteiger partial charge in [0.25, 0.3) is 0 Å². The number of aliphatic carboxylic acids is 2. The molecule has 132 valence electrons. The fraction of sp³-hybridized carbons (Fsp3) is 0.800. The number of hydrogen-bond donors (Lipinski definition) is 4. The maximum atomic E-state index is 10.6. The van der Waals surface area contributed by atoms with Crippen molar-refractivity contribution in [2.45, 2.75) is 18.8 Å². The Morgan fingerprint density at radius 3 is 1.50 bits per heavy atom. The highest BCUT2D eigenvalue weighted by molar-refractivity contribution is 5.73. The Morgan fingerprint density at radius 2 is 1.36 bits per heavy atom. The molecule has 12 heteroatoms. The van der Waals surface area contributed by atoms with Crippen LogP contribution in [0.5, 0.6) is 0 Å². The normalized spacial score (nSPS) is 14.7. The highest BCUT2D eigenvalue weighted by atomic mass is 19.4. The zero-order valence-electron chi connectivity index (χ0n) is 11.4. The van der Waals surface area contributed by atoms with Crippen molar-refractivity contribution in [1.82, 2.24) is 10.6 Å². The third-order valence-corrected chi connectivity index (χ3v) is 2.15. The minimum absolute atomic E-state index is 0.961. The molecule has 6 nitrogen and oxygen atoms in total. The van der Waals surface area contributed by atoms with E-state index in [4.69, 9.17) is 19.8 Å². The molecule has 1 aliphatic rings. The van der Waals surface area contributed by atoms with Gasteiger partial charge in [0.05, 0.1) is 0 Å². The average molecular weight is 342 g/mol. The second-order valence-electron chi connectivity index (χ2n) is 4.02. The second-order valence-corrected chi connectivity index (χ2v) is 4.02. The Labute approximate surface area is 121 Å². The van der Waals surface area contributed by atoms with Crippen molar-refractivity contribution in [2.24, 2.45) is 5.92 Å². The molecule has 22 heavy (non-hydrogen) atoms. The molecule has 0 bridgehead atoms. The van der Waals surface area contributed by atoms with Crippen LogP contribution in [0.25, 0.3) is 0 Å². The maximum absolute atomic E-state index is 10.6. The summed E-state index contributed by atoms with van der Waals surface area (Å²) in [5, 5.41) is 20.6. The smallest absolute Gasteiger partial charge is 0.475 e. The molecule has 0 amide bonds. The van der Waals surface area contributed by atoms with Crippen molar-refractivity contribution in [3.05, 3.63) is 0 Å². The van der Waals surface area contributed by atoms with Gasteiger partial charge in [-0.3, -0.25) is 0 Å². The summed E-state index contributed by atoms with van der Waals surface area (Å²) in [6.45, 7) is 3.65. The van der Waals surface area contributed by atoms with Gasteiger partial charge in [-0.15, -0.1) is 0 Å². The summed E-state index contributed by atoms with van der Waals surface area (Å²) >= 11 is 0. The van der Waals surface area contributed by atoms with Gasteiger partial charge >= 0.3 is 24.3 Å². The van der Waals surface area contributed by atoms with Gasteiger partial charge in [0.1, 0.15) is 0 Å². The quantitative estimate of drug-likeness (QED) is 0.573. The predicted octanol–water partition coefficient (Wildman–Crippen LogP) is 1.08. The number of alkyl halides is 6. The van der Waals surface area contributed by atoms with Crippen molar-refractivity contribution >= 4 is 11.9 Å². The average Bonchev–Trinajstić information content (AvgIpc) is 2.26. The number of rotatable bonds is 3. The van der Waals surface area contributed by atoms with E-state index < -0.39 is 24.3 Å². The van der Waals surface area contributed by atoms with Crippen molar-refractivity contribution in [2.75, 3.05) is 26.7 Å². The molecule has 1 heterocycles. The molecule has 0 radical (unpaired) electrons. The molecule has 1 fully saturated rings. The predicted molar refractivity (Wildman–Crippen MR) is 62.3 cm³/mol. The first-order valence-corrected chi connectivity index (χ1v) is 5.77. The highest BCUT2D eigenvalue weighted by Crippen LogP contribution is 2.13. The molecule has 0 saturated carbocycles. The molecule has 0 atom stereocenters. The second kappa shape index (κ2) is 10.2. The lowest BCUT2D eigenvalue weighted by molar-refractivity contribution is -0.193. The van der Waals surface area contributed by atoms with Gasteiger partial charge in [0.15, 0.2) is 0 Å². The van der Waals surface area contributed by atoms with Crippen molar-refractivity contribution in [3.63, 3.8) is 0 Å². The fourth-order valence-electron chi connectivity index (χ4n) is 0.901. The zero-order valence-corrected chi connectivity index (χ0v) is 11.4. The number of halogens is 6. The zero-order chi connectivity index (χ0) is 18.0. The van der Waals surface area contributed by atoms with Gasteiger partial charge in [-0.1, -0.05) is 0 Å². The van der Waals surface area contributed by atoms with E-state index >= 15 is 0 Å². The summed E-state index contributed by atoms with van der Waals surface area (Å²) in [7, 11) is 2.01. The van der Waals surface area contributed by atoms with Gasteiger partial charge in [0, 0.05) is 0 Å². The molecule has 1 saturated heterocycles. The van der Waals surface area contributed by atoms with E-state index in [0.717, 1.165) is 5.92 Å². The van der Waals surface area contributed by atoms with Crippen molar-refractivity contribution < 1.29 is 46.1 Å². The lowest BCUT2D eigenvalue weighted by Crippen LogP contribution is -2.42. The third kappa shape index (κ3) is 13.4. The van der Waals surface area contributed by atoms with E-state index in [2.05, 4.69) is 10.6 Å². The molecule has 4 N–H and O–H groups in total. The Kier molecular flexibility index (Phi) is 10.5. The van der Waals surface area contributed by atoms with E-state index in [1.54, 1.807) is 0 Å². The Morgan fingerprint density at radius 1 is 1.05 bits per heavy atom. The van der Waals surface area contributed by atoms with Crippen LogP contribution >= 0.6 is 0 Å². The van der Waals surface area contributed by atoms with Gasteiger partial charge in [-0.05, 0) is 39.0 Å². The summed E-state index contributed by atoms with van der Waals surface area (Å²) in [6, 6.07) is 0. The first-order valence-electron chi connectivity index (χ1n) is 5.77. The number of carboxylic acid groups (broad SMARTS) is 2. The summed E-state index contributed by atoms with van der Waals surface area (Å²) in [4.78, 5) is 17.8. The van der Waals surface area contributed by atoms with E-state index in [0.29, 0.717) is 0 Å². The lowest BCUT2D eigenvalue weighted by atomic mass is 10.00. The molecule has 0 spiro atoms. The Bertz CT molecular complexity index is 317. The molecule has 0 aromatic carbocycles. The number of hydrogen-bond acceptors (Lipinski definition) is 4. The molecule has 0 aliphatic carbocycles.